The second-order valence-corrected chi connectivity index (χ2v) is 7.55. The second-order valence-electron chi connectivity index (χ2n) is 6.64. The van der Waals surface area contributed by atoms with Crippen molar-refractivity contribution in [3.8, 4) is 0 Å². The molecule has 0 aliphatic carbocycles. The summed E-state index contributed by atoms with van der Waals surface area (Å²) in [5.74, 6) is -0.567. The van der Waals surface area contributed by atoms with Crippen LogP contribution in [0.1, 0.15) is 30.4 Å². The molecule has 8 heteroatoms. The average molecular weight is 432 g/mol. The van der Waals surface area contributed by atoms with Gasteiger partial charge in [-0.15, -0.1) is 0 Å². The molecule has 4 rings (SSSR count). The summed E-state index contributed by atoms with van der Waals surface area (Å²) in [5.41, 5.74) is 1.45. The third kappa shape index (κ3) is 2.66. The summed E-state index contributed by atoms with van der Waals surface area (Å²) in [6, 6.07) is 7.47. The summed E-state index contributed by atoms with van der Waals surface area (Å²) in [7, 11) is 1.46. The lowest BCUT2D eigenvalue weighted by atomic mass is 9.83. The van der Waals surface area contributed by atoms with Gasteiger partial charge in [0.1, 0.15) is 12.4 Å². The first-order chi connectivity index (χ1) is 12.9. The second kappa shape index (κ2) is 6.53. The van der Waals surface area contributed by atoms with E-state index in [0.29, 0.717) is 29.2 Å². The summed E-state index contributed by atoms with van der Waals surface area (Å²) in [5, 5.41) is 3.14. The van der Waals surface area contributed by atoms with Crippen molar-refractivity contribution in [1.29, 1.82) is 0 Å². The number of benzene rings is 1. The number of cyclic esters (lactones) is 1. The van der Waals surface area contributed by atoms with Crippen LogP contribution in [0.15, 0.2) is 49.6 Å². The number of carbonyl (C=O) groups is 1. The fraction of sp³-hybridized carbons (Fsp3) is 0.316. The number of nitrogens with zero attached hydrogens (tertiary/aromatic N) is 2. The predicted molar refractivity (Wildman–Crippen MR) is 104 cm³/mol. The highest BCUT2D eigenvalue weighted by Crippen LogP contribution is 2.42. The molecule has 0 spiro atoms. The van der Waals surface area contributed by atoms with Crippen molar-refractivity contribution in [1.82, 2.24) is 9.13 Å². The molecule has 0 saturated carbocycles. The molecule has 2 aliphatic rings. The molecule has 140 valence electrons. The van der Waals surface area contributed by atoms with E-state index in [1.165, 1.54) is 7.05 Å². The van der Waals surface area contributed by atoms with E-state index in [2.05, 4.69) is 21.2 Å². The zero-order chi connectivity index (χ0) is 19.3. The van der Waals surface area contributed by atoms with Crippen molar-refractivity contribution in [2.24, 2.45) is 7.05 Å². The highest BCUT2D eigenvalue weighted by atomic mass is 79.9. The Morgan fingerprint density at radius 2 is 1.93 bits per heavy atom. The number of anilines is 1. The highest BCUT2D eigenvalue weighted by molar-refractivity contribution is 9.10. The molecule has 1 aromatic carbocycles. The Labute approximate surface area is 163 Å². The number of esters is 1. The van der Waals surface area contributed by atoms with Crippen LogP contribution in [0.5, 0.6) is 0 Å². The number of carbonyl (C=O) groups excluding carboxylic acids is 1. The Morgan fingerprint density at radius 3 is 2.59 bits per heavy atom. The summed E-state index contributed by atoms with van der Waals surface area (Å²) in [6.45, 7) is 2.54. The van der Waals surface area contributed by atoms with Crippen LogP contribution in [0.3, 0.4) is 0 Å². The van der Waals surface area contributed by atoms with Crippen LogP contribution in [-0.4, -0.2) is 21.7 Å². The molecular formula is C19H18BrN3O4. The minimum atomic E-state index is -0.582. The van der Waals surface area contributed by atoms with E-state index < -0.39 is 17.4 Å². The van der Waals surface area contributed by atoms with E-state index in [-0.39, 0.29) is 12.3 Å². The molecule has 0 amide bonds. The van der Waals surface area contributed by atoms with E-state index in [1.807, 2.05) is 31.2 Å². The molecule has 0 bridgehead atoms. The van der Waals surface area contributed by atoms with E-state index in [0.717, 1.165) is 21.0 Å². The number of halogens is 1. The molecule has 0 radical (unpaired) electrons. The first kappa shape index (κ1) is 17.8. The molecule has 2 aromatic rings. The van der Waals surface area contributed by atoms with Crippen LogP contribution in [0, 0.1) is 0 Å². The number of hydrogen-bond acceptors (Lipinski definition) is 5. The Bertz CT molecular complexity index is 1100. The van der Waals surface area contributed by atoms with E-state index in [1.54, 1.807) is 4.57 Å². The molecule has 0 unspecified atom stereocenters. The molecule has 0 saturated heterocycles. The Morgan fingerprint density at radius 1 is 1.22 bits per heavy atom. The lowest BCUT2D eigenvalue weighted by Crippen LogP contribution is -2.44. The minimum absolute atomic E-state index is 0.107. The molecular weight excluding hydrogens is 414 g/mol. The topological polar surface area (TPSA) is 82.3 Å². The van der Waals surface area contributed by atoms with Gasteiger partial charge >= 0.3 is 11.7 Å². The van der Waals surface area contributed by atoms with Gasteiger partial charge in [0.25, 0.3) is 5.56 Å². The van der Waals surface area contributed by atoms with Crippen LogP contribution >= 0.6 is 15.9 Å². The molecule has 1 atom stereocenters. The van der Waals surface area contributed by atoms with Gasteiger partial charge in [0.15, 0.2) is 0 Å². The smallest absolute Gasteiger partial charge is 0.337 e. The van der Waals surface area contributed by atoms with Gasteiger partial charge in [0, 0.05) is 18.1 Å². The molecule has 3 heterocycles. The third-order valence-electron chi connectivity index (χ3n) is 4.97. The molecule has 27 heavy (non-hydrogen) atoms. The molecule has 2 aliphatic heterocycles. The monoisotopic (exact) mass is 431 g/mol. The number of hydrogen-bond donors (Lipinski definition) is 1. The largest absolute Gasteiger partial charge is 0.456 e. The quantitative estimate of drug-likeness (QED) is 0.752. The van der Waals surface area contributed by atoms with Crippen molar-refractivity contribution in [2.45, 2.75) is 25.8 Å². The van der Waals surface area contributed by atoms with Crippen molar-refractivity contribution < 1.29 is 9.53 Å². The summed E-state index contributed by atoms with van der Waals surface area (Å²) < 4.78 is 8.79. The molecule has 0 fully saturated rings. The SMILES string of the molecule is CCCn1c2c(c(=O)n(C)c1=O)[C@H](c1ccc(Br)cc1)C1=C(COC1=O)N2. The van der Waals surface area contributed by atoms with Gasteiger partial charge < -0.3 is 10.1 Å². The predicted octanol–water partition coefficient (Wildman–Crippen LogP) is 2.09. The van der Waals surface area contributed by atoms with Crippen LogP contribution in [0.25, 0.3) is 0 Å². The van der Waals surface area contributed by atoms with Crippen LogP contribution < -0.4 is 16.6 Å². The third-order valence-corrected chi connectivity index (χ3v) is 5.50. The number of aromatic nitrogens is 2. The average Bonchev–Trinajstić information content (AvgIpc) is 3.03. The normalized spacial score (nSPS) is 18.0. The lowest BCUT2D eigenvalue weighted by Gasteiger charge is -2.29. The van der Waals surface area contributed by atoms with Crippen LogP contribution in [0.2, 0.25) is 0 Å². The van der Waals surface area contributed by atoms with Gasteiger partial charge in [-0.2, -0.15) is 0 Å². The highest BCUT2D eigenvalue weighted by Gasteiger charge is 2.41. The van der Waals surface area contributed by atoms with Crippen molar-refractivity contribution >= 4 is 27.7 Å². The van der Waals surface area contributed by atoms with Gasteiger partial charge in [-0.3, -0.25) is 13.9 Å². The summed E-state index contributed by atoms with van der Waals surface area (Å²) in [6.07, 6.45) is 0.733. The number of nitrogens with one attached hydrogen (secondary N) is 1. The van der Waals surface area contributed by atoms with Gasteiger partial charge in [-0.25, -0.2) is 9.59 Å². The molecule has 7 nitrogen and oxygen atoms in total. The van der Waals surface area contributed by atoms with Crippen molar-refractivity contribution in [3.63, 3.8) is 0 Å². The summed E-state index contributed by atoms with van der Waals surface area (Å²) in [4.78, 5) is 38.2. The van der Waals surface area contributed by atoms with Crippen molar-refractivity contribution in [2.75, 3.05) is 11.9 Å². The van der Waals surface area contributed by atoms with Gasteiger partial charge in [0.05, 0.1) is 22.8 Å². The van der Waals surface area contributed by atoms with E-state index in [4.69, 9.17) is 4.74 Å². The zero-order valence-corrected chi connectivity index (χ0v) is 16.5. The first-order valence-electron chi connectivity index (χ1n) is 8.70. The zero-order valence-electron chi connectivity index (χ0n) is 14.9. The van der Waals surface area contributed by atoms with Gasteiger partial charge in [-0.1, -0.05) is 35.0 Å². The maximum Gasteiger partial charge on any atom is 0.337 e. The van der Waals surface area contributed by atoms with Gasteiger partial charge in [0.2, 0.25) is 0 Å². The minimum Gasteiger partial charge on any atom is -0.456 e. The first-order valence-corrected chi connectivity index (χ1v) is 9.49. The van der Waals surface area contributed by atoms with E-state index in [9.17, 15) is 14.4 Å². The van der Waals surface area contributed by atoms with Crippen molar-refractivity contribution in [3.05, 3.63) is 72.0 Å². The fourth-order valence-electron chi connectivity index (χ4n) is 3.70. The Hall–Kier alpha value is -2.61. The summed E-state index contributed by atoms with van der Waals surface area (Å²) >= 11 is 3.41. The fourth-order valence-corrected chi connectivity index (χ4v) is 3.97. The maximum absolute atomic E-state index is 13.1. The molecule has 1 N–H and O–H groups in total. The maximum atomic E-state index is 13.1. The number of rotatable bonds is 3. The van der Waals surface area contributed by atoms with E-state index >= 15 is 0 Å². The number of ether oxygens (including phenoxy) is 1. The van der Waals surface area contributed by atoms with Gasteiger partial charge in [-0.05, 0) is 24.1 Å². The van der Waals surface area contributed by atoms with Crippen LogP contribution in [0.4, 0.5) is 5.82 Å². The Kier molecular flexibility index (Phi) is 4.30. The van der Waals surface area contributed by atoms with Crippen LogP contribution in [-0.2, 0) is 23.1 Å². The Balaban J connectivity index is 2.06. The lowest BCUT2D eigenvalue weighted by molar-refractivity contribution is -0.136. The standard InChI is InChI=1S/C19H18BrN3O4/c1-3-8-23-16-15(17(24)22(2)19(23)26)13(10-4-6-11(20)7-5-10)14-12(21-16)9-27-18(14)25/h4-7,13,21H,3,8-9H2,1-2H3/t13-/m1/s1. The molecule has 1 aromatic heterocycles. The number of fused-ring (bicyclic) bond motifs is 1.